The number of nitrogens with zero attached hydrogens (tertiary/aromatic N) is 2. The highest BCUT2D eigenvalue weighted by molar-refractivity contribution is 6.05. The molecule has 176 valence electrons. The van der Waals surface area contributed by atoms with Crippen LogP contribution in [-0.2, 0) is 10.2 Å². The first-order valence-electron chi connectivity index (χ1n) is 11.1. The van der Waals surface area contributed by atoms with Crippen molar-refractivity contribution in [2.24, 2.45) is 0 Å². The second kappa shape index (κ2) is 11.2. The molecular formula is C28H31N3O3. The van der Waals surface area contributed by atoms with E-state index in [1.807, 2.05) is 53.7 Å². The topological polar surface area (TPSA) is 92.1 Å². The smallest absolute Gasteiger partial charge is 0.337 e. The van der Waals surface area contributed by atoms with Crippen LogP contribution in [0.2, 0.25) is 0 Å². The Bertz CT molecular complexity index is 1230. The molecule has 34 heavy (non-hydrogen) atoms. The minimum Gasteiger partial charge on any atom is -0.465 e. The first kappa shape index (κ1) is 26.3. The molecule has 0 aliphatic rings. The minimum absolute atomic E-state index is 0.203. The van der Waals surface area contributed by atoms with Crippen LogP contribution in [0.3, 0.4) is 0 Å². The van der Waals surface area contributed by atoms with Crippen LogP contribution in [0.25, 0.3) is 11.1 Å². The molecular weight excluding hydrogens is 426 g/mol. The molecule has 2 aromatic carbocycles. The lowest BCUT2D eigenvalue weighted by Crippen LogP contribution is -2.16. The summed E-state index contributed by atoms with van der Waals surface area (Å²) in [7, 11) is 1.34. The van der Waals surface area contributed by atoms with Gasteiger partial charge in [-0.25, -0.2) is 4.79 Å². The van der Waals surface area contributed by atoms with Gasteiger partial charge in [0.1, 0.15) is 0 Å². The predicted octanol–water partition coefficient (Wildman–Crippen LogP) is 6.29. The third kappa shape index (κ3) is 6.29. The van der Waals surface area contributed by atoms with E-state index in [0.29, 0.717) is 22.4 Å². The molecule has 0 fully saturated rings. The summed E-state index contributed by atoms with van der Waals surface area (Å²) in [5.41, 5.74) is 4.82. The monoisotopic (exact) mass is 457 g/mol. The summed E-state index contributed by atoms with van der Waals surface area (Å²) in [5.74, 6) is -0.749. The number of carbonyl (C=O) groups is 2. The predicted molar refractivity (Wildman–Crippen MR) is 135 cm³/mol. The summed E-state index contributed by atoms with van der Waals surface area (Å²) in [4.78, 5) is 29.3. The van der Waals surface area contributed by atoms with Gasteiger partial charge < -0.3 is 10.1 Å². The van der Waals surface area contributed by atoms with Gasteiger partial charge in [-0.2, -0.15) is 5.26 Å². The number of hydrogen-bond donors (Lipinski definition) is 1. The summed E-state index contributed by atoms with van der Waals surface area (Å²) in [6, 6.07) is 16.2. The molecule has 0 aliphatic carbocycles. The van der Waals surface area contributed by atoms with Crippen LogP contribution in [0.4, 0.5) is 5.69 Å². The van der Waals surface area contributed by atoms with E-state index in [9.17, 15) is 14.9 Å². The average molecular weight is 458 g/mol. The second-order valence-electron chi connectivity index (χ2n) is 8.54. The fourth-order valence-corrected chi connectivity index (χ4v) is 3.28. The number of aromatic nitrogens is 1. The lowest BCUT2D eigenvalue weighted by molar-refractivity contribution is 0.0600. The summed E-state index contributed by atoms with van der Waals surface area (Å²) in [6.07, 6.45) is 1.58. The van der Waals surface area contributed by atoms with Gasteiger partial charge >= 0.3 is 5.97 Å². The van der Waals surface area contributed by atoms with Crippen molar-refractivity contribution in [3.05, 3.63) is 82.7 Å². The molecule has 3 aromatic rings. The number of amides is 1. The van der Waals surface area contributed by atoms with E-state index in [1.54, 1.807) is 42.6 Å². The highest BCUT2D eigenvalue weighted by Crippen LogP contribution is 2.28. The van der Waals surface area contributed by atoms with Crippen molar-refractivity contribution in [2.45, 2.75) is 47.0 Å². The molecule has 0 saturated carbocycles. The van der Waals surface area contributed by atoms with Crippen molar-refractivity contribution < 1.29 is 14.3 Å². The van der Waals surface area contributed by atoms with Gasteiger partial charge in [-0.1, -0.05) is 46.8 Å². The number of ether oxygens (including phenoxy) is 1. The number of rotatable bonds is 4. The van der Waals surface area contributed by atoms with Crippen LogP contribution in [0.5, 0.6) is 0 Å². The van der Waals surface area contributed by atoms with E-state index in [1.165, 1.54) is 7.11 Å². The normalized spacial score (nSPS) is 10.4. The summed E-state index contributed by atoms with van der Waals surface area (Å²) < 4.78 is 4.80. The number of nitrogens with one attached hydrogen (secondary N) is 1. The molecule has 1 amide bonds. The van der Waals surface area contributed by atoms with E-state index in [0.717, 1.165) is 22.4 Å². The maximum Gasteiger partial charge on any atom is 0.337 e. The third-order valence-electron chi connectivity index (χ3n) is 5.13. The average Bonchev–Trinajstić information content (AvgIpc) is 2.85. The first-order chi connectivity index (χ1) is 16.1. The van der Waals surface area contributed by atoms with Crippen molar-refractivity contribution in [1.82, 2.24) is 4.98 Å². The maximum absolute atomic E-state index is 13.0. The number of hydrogen-bond acceptors (Lipinski definition) is 5. The molecule has 1 aromatic heterocycles. The maximum atomic E-state index is 13.0. The summed E-state index contributed by atoms with van der Waals surface area (Å²) in [6.45, 7) is 12.0. The number of esters is 1. The van der Waals surface area contributed by atoms with E-state index in [2.05, 4.69) is 16.4 Å². The summed E-state index contributed by atoms with van der Waals surface area (Å²) >= 11 is 0. The van der Waals surface area contributed by atoms with Gasteiger partial charge in [-0.15, -0.1) is 0 Å². The minimum atomic E-state index is -0.422. The molecule has 1 N–H and O–H groups in total. The largest absolute Gasteiger partial charge is 0.465 e. The van der Waals surface area contributed by atoms with Gasteiger partial charge in [0.05, 0.1) is 36.2 Å². The van der Waals surface area contributed by atoms with Crippen molar-refractivity contribution in [3.63, 3.8) is 0 Å². The van der Waals surface area contributed by atoms with E-state index >= 15 is 0 Å². The molecule has 0 aliphatic heterocycles. The quantitative estimate of drug-likeness (QED) is 0.465. The fourth-order valence-electron chi connectivity index (χ4n) is 3.28. The molecule has 0 saturated heterocycles. The standard InChI is InChI=1S/C26H25N3O3.C2H6/c1-16-23(18-7-6-8-19(11-18)25(31)32-5)13-22(15-28-16)29-24(30)20-9-17(14-27)10-21(12-20)26(2,3)4;1-2/h6-13,15H,1-5H3,(H,29,30);1-2H3. The Morgan fingerprint density at radius 3 is 2.35 bits per heavy atom. The van der Waals surface area contributed by atoms with Crippen LogP contribution < -0.4 is 5.32 Å². The van der Waals surface area contributed by atoms with Gasteiger partial charge in [0.2, 0.25) is 0 Å². The zero-order valence-corrected chi connectivity index (χ0v) is 20.8. The van der Waals surface area contributed by atoms with Gasteiger partial charge in [0, 0.05) is 16.8 Å². The lowest BCUT2D eigenvalue weighted by Gasteiger charge is -2.20. The summed E-state index contributed by atoms with van der Waals surface area (Å²) in [5, 5.41) is 12.2. The molecule has 0 unspecified atom stereocenters. The Labute approximate surface area is 201 Å². The van der Waals surface area contributed by atoms with E-state index in [-0.39, 0.29) is 11.3 Å². The molecule has 6 nitrogen and oxygen atoms in total. The number of nitriles is 1. The zero-order valence-electron chi connectivity index (χ0n) is 20.8. The fraction of sp³-hybridized carbons (Fsp3) is 0.286. The zero-order chi connectivity index (χ0) is 25.5. The number of anilines is 1. The van der Waals surface area contributed by atoms with Crippen LogP contribution >= 0.6 is 0 Å². The van der Waals surface area contributed by atoms with Gasteiger partial charge in [-0.3, -0.25) is 9.78 Å². The number of carbonyl (C=O) groups excluding carboxylic acids is 2. The van der Waals surface area contributed by atoms with E-state index in [4.69, 9.17) is 4.74 Å². The van der Waals surface area contributed by atoms with Gasteiger partial charge in [-0.05, 0) is 59.9 Å². The van der Waals surface area contributed by atoms with Crippen molar-refractivity contribution in [3.8, 4) is 17.2 Å². The van der Waals surface area contributed by atoms with Crippen LogP contribution in [0, 0.1) is 18.3 Å². The number of benzene rings is 2. The van der Waals surface area contributed by atoms with Crippen molar-refractivity contribution in [2.75, 3.05) is 12.4 Å². The molecule has 1 heterocycles. The Hall–Kier alpha value is -3.98. The Balaban J connectivity index is 0.00000199. The first-order valence-corrected chi connectivity index (χ1v) is 11.1. The number of aryl methyl sites for hydroxylation is 1. The van der Waals surface area contributed by atoms with Gasteiger partial charge in [0.15, 0.2) is 0 Å². The lowest BCUT2D eigenvalue weighted by atomic mass is 9.85. The Kier molecular flexibility index (Phi) is 8.69. The highest BCUT2D eigenvalue weighted by atomic mass is 16.5. The Morgan fingerprint density at radius 1 is 1.03 bits per heavy atom. The highest BCUT2D eigenvalue weighted by Gasteiger charge is 2.18. The number of methoxy groups -OCH3 is 1. The Morgan fingerprint density at radius 2 is 1.74 bits per heavy atom. The second-order valence-corrected chi connectivity index (χ2v) is 8.54. The SMILES string of the molecule is CC.COC(=O)c1cccc(-c2cc(NC(=O)c3cc(C#N)cc(C(C)(C)C)c3)cnc2C)c1. The van der Waals surface area contributed by atoms with Gasteiger partial charge in [0.25, 0.3) is 5.91 Å². The molecule has 0 bridgehead atoms. The molecule has 3 rings (SSSR count). The molecule has 0 atom stereocenters. The van der Waals surface area contributed by atoms with E-state index < -0.39 is 5.97 Å². The van der Waals surface area contributed by atoms with Crippen molar-refractivity contribution in [1.29, 1.82) is 5.26 Å². The molecule has 0 spiro atoms. The molecule has 6 heteroatoms. The van der Waals surface area contributed by atoms with Crippen LogP contribution in [-0.4, -0.2) is 24.0 Å². The third-order valence-corrected chi connectivity index (χ3v) is 5.13. The van der Waals surface area contributed by atoms with Crippen LogP contribution in [0.1, 0.15) is 72.2 Å². The molecule has 0 radical (unpaired) electrons. The number of pyridine rings is 1. The van der Waals surface area contributed by atoms with Crippen molar-refractivity contribution >= 4 is 17.6 Å². The van der Waals surface area contributed by atoms with Crippen LogP contribution in [0.15, 0.2) is 54.7 Å².